The minimum Gasteiger partial charge on any atom is -0.508 e. The molecule has 3 nitrogen and oxygen atoms in total. The monoisotopic (exact) mass is 310 g/mol. The molecule has 0 bridgehead atoms. The molecule has 0 radical (unpaired) electrons. The van der Waals surface area contributed by atoms with Crippen LogP contribution in [0.25, 0.3) is 11.1 Å². The van der Waals surface area contributed by atoms with Crippen molar-refractivity contribution in [1.29, 1.82) is 0 Å². The number of aromatic hydroxyl groups is 1. The zero-order chi connectivity index (χ0) is 15.6. The van der Waals surface area contributed by atoms with Crippen LogP contribution in [0.15, 0.2) is 88.7 Å². The number of sulfone groups is 1. The van der Waals surface area contributed by atoms with Crippen LogP contribution in [0.5, 0.6) is 5.75 Å². The van der Waals surface area contributed by atoms with Gasteiger partial charge >= 0.3 is 0 Å². The number of benzene rings is 3. The van der Waals surface area contributed by atoms with Crippen LogP contribution in [0.2, 0.25) is 0 Å². The first-order valence-electron chi connectivity index (χ1n) is 6.77. The summed E-state index contributed by atoms with van der Waals surface area (Å²) in [6, 6.07) is 21.9. The van der Waals surface area contributed by atoms with E-state index in [1.54, 1.807) is 78.9 Å². The number of hydrogen-bond acceptors (Lipinski definition) is 3. The maximum Gasteiger partial charge on any atom is 0.206 e. The second kappa shape index (κ2) is 5.66. The standard InChI is InChI=1S/C18H14O3S/c19-16-10-6-14(7-11-16)15-8-12-18(13-9-15)22(20,21)17-4-2-1-3-5-17/h1-13,19H. The molecule has 110 valence electrons. The predicted octanol–water partition coefficient (Wildman–Crippen LogP) is 3.89. The number of hydrogen-bond donors (Lipinski definition) is 1. The van der Waals surface area contributed by atoms with Crippen molar-refractivity contribution in [3.8, 4) is 16.9 Å². The van der Waals surface area contributed by atoms with Crippen molar-refractivity contribution in [3.05, 3.63) is 78.9 Å². The van der Waals surface area contributed by atoms with Crippen LogP contribution in [0.1, 0.15) is 0 Å². The summed E-state index contributed by atoms with van der Waals surface area (Å²) in [4.78, 5) is 0.550. The lowest BCUT2D eigenvalue weighted by molar-refractivity contribution is 0.475. The van der Waals surface area contributed by atoms with E-state index in [-0.39, 0.29) is 15.5 Å². The van der Waals surface area contributed by atoms with Gasteiger partial charge in [0.05, 0.1) is 9.79 Å². The van der Waals surface area contributed by atoms with Crippen LogP contribution in [-0.2, 0) is 9.84 Å². The fourth-order valence-electron chi connectivity index (χ4n) is 2.22. The highest BCUT2D eigenvalue weighted by Gasteiger charge is 2.16. The van der Waals surface area contributed by atoms with E-state index in [9.17, 15) is 13.5 Å². The topological polar surface area (TPSA) is 54.4 Å². The van der Waals surface area contributed by atoms with Gasteiger partial charge in [-0.25, -0.2) is 8.42 Å². The summed E-state index contributed by atoms with van der Waals surface area (Å²) in [6.45, 7) is 0. The Morgan fingerprint density at radius 3 is 1.59 bits per heavy atom. The largest absolute Gasteiger partial charge is 0.508 e. The van der Waals surface area contributed by atoms with Gasteiger partial charge in [-0.1, -0.05) is 42.5 Å². The zero-order valence-corrected chi connectivity index (χ0v) is 12.5. The maximum absolute atomic E-state index is 12.5. The predicted molar refractivity (Wildman–Crippen MR) is 85.4 cm³/mol. The highest BCUT2D eigenvalue weighted by atomic mass is 32.2. The molecule has 3 rings (SSSR count). The lowest BCUT2D eigenvalue weighted by Crippen LogP contribution is -2.01. The molecule has 0 aliphatic carbocycles. The third-order valence-electron chi connectivity index (χ3n) is 3.42. The third-order valence-corrected chi connectivity index (χ3v) is 5.20. The molecule has 0 aliphatic heterocycles. The Morgan fingerprint density at radius 1 is 0.591 bits per heavy atom. The van der Waals surface area contributed by atoms with Crippen LogP contribution in [0.4, 0.5) is 0 Å². The molecular weight excluding hydrogens is 296 g/mol. The first-order chi connectivity index (χ1) is 10.6. The van der Waals surface area contributed by atoms with Crippen molar-refractivity contribution in [3.63, 3.8) is 0 Å². The van der Waals surface area contributed by atoms with Crippen LogP contribution >= 0.6 is 0 Å². The Hall–Kier alpha value is -2.59. The van der Waals surface area contributed by atoms with Crippen LogP contribution in [-0.4, -0.2) is 13.5 Å². The second-order valence-corrected chi connectivity index (χ2v) is 6.84. The normalized spacial score (nSPS) is 11.3. The SMILES string of the molecule is O=S(=O)(c1ccccc1)c1ccc(-c2ccc(O)cc2)cc1. The molecular formula is C18H14O3S. The lowest BCUT2D eigenvalue weighted by atomic mass is 10.1. The Kier molecular flexibility index (Phi) is 3.69. The van der Waals surface area contributed by atoms with Gasteiger partial charge in [0.1, 0.15) is 5.75 Å². The smallest absolute Gasteiger partial charge is 0.206 e. The minimum atomic E-state index is -3.48. The summed E-state index contributed by atoms with van der Waals surface area (Å²) in [5, 5.41) is 9.30. The Labute approximate surface area is 129 Å². The molecule has 4 heteroatoms. The molecule has 0 fully saturated rings. The van der Waals surface area contributed by atoms with E-state index in [1.807, 2.05) is 0 Å². The maximum atomic E-state index is 12.5. The summed E-state index contributed by atoms with van der Waals surface area (Å²) in [5.74, 6) is 0.201. The Bertz CT molecular complexity index is 866. The highest BCUT2D eigenvalue weighted by Crippen LogP contribution is 2.26. The lowest BCUT2D eigenvalue weighted by Gasteiger charge is -2.06. The van der Waals surface area contributed by atoms with Gasteiger partial charge in [-0.15, -0.1) is 0 Å². The van der Waals surface area contributed by atoms with E-state index >= 15 is 0 Å². The molecule has 0 heterocycles. The van der Waals surface area contributed by atoms with E-state index in [1.165, 1.54) is 0 Å². The van der Waals surface area contributed by atoms with Crippen molar-refractivity contribution in [2.75, 3.05) is 0 Å². The van der Waals surface area contributed by atoms with Crippen molar-refractivity contribution in [1.82, 2.24) is 0 Å². The van der Waals surface area contributed by atoms with Gasteiger partial charge in [-0.3, -0.25) is 0 Å². The second-order valence-electron chi connectivity index (χ2n) is 4.89. The first-order valence-corrected chi connectivity index (χ1v) is 8.25. The van der Waals surface area contributed by atoms with Crippen LogP contribution in [0.3, 0.4) is 0 Å². The molecule has 3 aromatic carbocycles. The van der Waals surface area contributed by atoms with E-state index < -0.39 is 9.84 Å². The highest BCUT2D eigenvalue weighted by molar-refractivity contribution is 7.91. The van der Waals surface area contributed by atoms with Gasteiger partial charge in [0.15, 0.2) is 0 Å². The summed E-state index contributed by atoms with van der Waals surface area (Å²) < 4.78 is 25.0. The number of phenolic OH excluding ortho intramolecular Hbond substituents is 1. The van der Waals surface area contributed by atoms with E-state index in [0.717, 1.165) is 11.1 Å². The van der Waals surface area contributed by atoms with Crippen molar-refractivity contribution in [2.45, 2.75) is 9.79 Å². The van der Waals surface area contributed by atoms with Crippen LogP contribution in [0, 0.1) is 0 Å². The molecule has 1 N–H and O–H groups in total. The van der Waals surface area contributed by atoms with Gasteiger partial charge in [0.2, 0.25) is 9.84 Å². The van der Waals surface area contributed by atoms with Crippen molar-refractivity contribution >= 4 is 9.84 Å². The van der Waals surface area contributed by atoms with Gasteiger partial charge in [0, 0.05) is 0 Å². The average molecular weight is 310 g/mol. The summed E-state index contributed by atoms with van der Waals surface area (Å²) in [7, 11) is -3.48. The molecule has 0 unspecified atom stereocenters. The number of rotatable bonds is 3. The molecule has 0 aliphatic rings. The van der Waals surface area contributed by atoms with E-state index in [4.69, 9.17) is 0 Å². The fourth-order valence-corrected chi connectivity index (χ4v) is 3.50. The number of phenols is 1. The Morgan fingerprint density at radius 2 is 1.05 bits per heavy atom. The molecule has 0 saturated heterocycles. The minimum absolute atomic E-state index is 0.201. The van der Waals surface area contributed by atoms with Gasteiger partial charge in [-0.05, 0) is 47.5 Å². The van der Waals surface area contributed by atoms with Crippen molar-refractivity contribution in [2.24, 2.45) is 0 Å². The molecule has 0 atom stereocenters. The van der Waals surface area contributed by atoms with E-state index in [0.29, 0.717) is 0 Å². The molecule has 3 aromatic rings. The average Bonchev–Trinajstić information content (AvgIpc) is 2.56. The van der Waals surface area contributed by atoms with Gasteiger partial charge < -0.3 is 5.11 Å². The summed E-state index contributed by atoms with van der Waals surface area (Å²) in [6.07, 6.45) is 0. The summed E-state index contributed by atoms with van der Waals surface area (Å²) >= 11 is 0. The molecule has 22 heavy (non-hydrogen) atoms. The van der Waals surface area contributed by atoms with Gasteiger partial charge in [-0.2, -0.15) is 0 Å². The Balaban J connectivity index is 1.96. The van der Waals surface area contributed by atoms with Crippen molar-refractivity contribution < 1.29 is 13.5 Å². The van der Waals surface area contributed by atoms with Gasteiger partial charge in [0.25, 0.3) is 0 Å². The van der Waals surface area contributed by atoms with E-state index in [2.05, 4.69) is 0 Å². The molecule has 0 aromatic heterocycles. The summed E-state index contributed by atoms with van der Waals surface area (Å²) in [5.41, 5.74) is 1.81. The first kappa shape index (κ1) is 14.4. The zero-order valence-electron chi connectivity index (χ0n) is 11.7. The van der Waals surface area contributed by atoms with Crippen LogP contribution < -0.4 is 0 Å². The third kappa shape index (κ3) is 2.73. The quantitative estimate of drug-likeness (QED) is 0.798. The molecule has 0 spiro atoms. The fraction of sp³-hybridized carbons (Fsp3) is 0. The molecule has 0 saturated carbocycles. The molecule has 0 amide bonds.